The fraction of sp³-hybridized carbons (Fsp3) is 0. The molecule has 0 saturated carbocycles. The van der Waals surface area contributed by atoms with Crippen molar-refractivity contribution in [3.05, 3.63) is 64.7 Å². The first-order chi connectivity index (χ1) is 10.1. The number of isothiocyanates is 1. The average molecular weight is 298 g/mol. The van der Waals surface area contributed by atoms with Gasteiger partial charge in [-0.2, -0.15) is 10.3 Å². The molecule has 0 bridgehead atoms. The third-order valence-electron chi connectivity index (χ3n) is 2.70. The number of hydrogen-bond donors (Lipinski definition) is 0. The summed E-state index contributed by atoms with van der Waals surface area (Å²) in [6.07, 6.45) is 3.26. The minimum absolute atomic E-state index is 0.359. The van der Waals surface area contributed by atoms with E-state index >= 15 is 0 Å². The van der Waals surface area contributed by atoms with E-state index in [2.05, 4.69) is 17.2 Å². The lowest BCUT2D eigenvalue weighted by Crippen LogP contribution is -1.85. The molecule has 0 N–H and O–H groups in total. The predicted octanol–water partition coefficient (Wildman–Crippen LogP) is 4.74. The number of nitrogens with zero attached hydrogens (tertiary/aromatic N) is 2. The van der Waals surface area contributed by atoms with E-state index in [1.807, 2.05) is 11.2 Å². The van der Waals surface area contributed by atoms with Gasteiger partial charge in [-0.3, -0.25) is 0 Å². The van der Waals surface area contributed by atoms with Crippen LogP contribution < -0.4 is 0 Å². The fourth-order valence-corrected chi connectivity index (χ4v) is 1.79. The van der Waals surface area contributed by atoms with Crippen molar-refractivity contribution in [2.45, 2.75) is 0 Å². The number of rotatable bonds is 3. The first-order valence-electron chi connectivity index (χ1n) is 5.89. The number of aliphatic imine (C=N–C) groups is 1. The molecule has 0 amide bonds. The Morgan fingerprint density at radius 1 is 1.00 bits per heavy atom. The van der Waals surface area contributed by atoms with Crippen LogP contribution in [0.4, 0.5) is 14.5 Å². The summed E-state index contributed by atoms with van der Waals surface area (Å²) in [6, 6.07) is 11.2. The van der Waals surface area contributed by atoms with Crippen LogP contribution in [0.3, 0.4) is 0 Å². The van der Waals surface area contributed by atoms with E-state index in [1.54, 1.807) is 36.4 Å². The van der Waals surface area contributed by atoms with E-state index in [9.17, 15) is 8.78 Å². The summed E-state index contributed by atoms with van der Waals surface area (Å²) < 4.78 is 27.3. The van der Waals surface area contributed by atoms with Gasteiger partial charge < -0.3 is 0 Å². The molecule has 0 unspecified atom stereocenters. The molecule has 0 atom stereocenters. The predicted molar refractivity (Wildman–Crippen MR) is 81.1 cm³/mol. The summed E-state index contributed by atoms with van der Waals surface area (Å²) >= 11 is 4.33. The molecule has 0 fully saturated rings. The molecule has 0 aliphatic rings. The fourth-order valence-electron chi connectivity index (χ4n) is 1.70. The van der Waals surface area contributed by atoms with Crippen LogP contribution in [0.25, 0.3) is 12.2 Å². The van der Waals surface area contributed by atoms with Gasteiger partial charge in [0.2, 0.25) is 0 Å². The third-order valence-corrected chi connectivity index (χ3v) is 2.80. The molecule has 0 radical (unpaired) electrons. The first kappa shape index (κ1) is 14.7. The second kappa shape index (κ2) is 6.67. The summed E-state index contributed by atoms with van der Waals surface area (Å²) in [6.45, 7) is 0. The molecule has 5 heteroatoms. The lowest BCUT2D eigenvalue weighted by molar-refractivity contribution is 0.587. The molecule has 0 heterocycles. The van der Waals surface area contributed by atoms with Crippen molar-refractivity contribution in [3.8, 4) is 6.07 Å². The molecule has 102 valence electrons. The molecule has 21 heavy (non-hydrogen) atoms. The van der Waals surface area contributed by atoms with Crippen molar-refractivity contribution in [1.29, 1.82) is 5.26 Å². The van der Waals surface area contributed by atoms with Crippen LogP contribution in [0.15, 0.2) is 41.4 Å². The Hall–Kier alpha value is -2.67. The smallest absolute Gasteiger partial charge is 0.153 e. The molecule has 2 aromatic rings. The van der Waals surface area contributed by atoms with Gasteiger partial charge in [0.25, 0.3) is 0 Å². The van der Waals surface area contributed by atoms with Gasteiger partial charge in [0.1, 0.15) is 5.69 Å². The second-order valence-corrected chi connectivity index (χ2v) is 4.29. The van der Waals surface area contributed by atoms with Gasteiger partial charge >= 0.3 is 0 Å². The van der Waals surface area contributed by atoms with Crippen LogP contribution in [-0.2, 0) is 0 Å². The molecule has 2 nitrogen and oxygen atoms in total. The quantitative estimate of drug-likeness (QED) is 0.466. The summed E-state index contributed by atoms with van der Waals surface area (Å²) in [5.41, 5.74) is 1.28. The molecule has 0 spiro atoms. The van der Waals surface area contributed by atoms with Crippen molar-refractivity contribution < 1.29 is 8.78 Å². The second-order valence-electron chi connectivity index (χ2n) is 4.10. The molecule has 2 rings (SSSR count). The molecule has 0 aliphatic heterocycles. The van der Waals surface area contributed by atoms with Gasteiger partial charge in [0.15, 0.2) is 11.6 Å². The van der Waals surface area contributed by atoms with E-state index < -0.39 is 17.3 Å². The van der Waals surface area contributed by atoms with E-state index in [4.69, 9.17) is 5.26 Å². The monoisotopic (exact) mass is 298 g/mol. The van der Waals surface area contributed by atoms with Crippen molar-refractivity contribution in [1.82, 2.24) is 0 Å². The maximum Gasteiger partial charge on any atom is 0.153 e. The van der Waals surface area contributed by atoms with E-state index in [0.717, 1.165) is 17.7 Å². The van der Waals surface area contributed by atoms with Crippen LogP contribution in [0.5, 0.6) is 0 Å². The van der Waals surface area contributed by atoms with Crippen LogP contribution >= 0.6 is 12.2 Å². The lowest BCUT2D eigenvalue weighted by atomic mass is 10.1. The van der Waals surface area contributed by atoms with Crippen LogP contribution in [0, 0.1) is 23.0 Å². The Balaban J connectivity index is 2.29. The lowest BCUT2D eigenvalue weighted by Gasteiger charge is -2.00. The Kier molecular flexibility index (Phi) is 4.68. The minimum Gasteiger partial charge on any atom is -0.204 e. The average Bonchev–Trinajstić information content (AvgIpc) is 2.49. The van der Waals surface area contributed by atoms with E-state index in [0.29, 0.717) is 11.1 Å². The molecular weight excluding hydrogens is 290 g/mol. The van der Waals surface area contributed by atoms with Crippen molar-refractivity contribution >= 4 is 35.2 Å². The molecule has 0 aromatic heterocycles. The Bertz CT molecular complexity index is 760. The topological polar surface area (TPSA) is 36.1 Å². The van der Waals surface area contributed by atoms with Crippen LogP contribution in [-0.4, -0.2) is 5.16 Å². The number of nitriles is 1. The number of benzene rings is 2. The standard InChI is InChI=1S/C16H8F2N2S/c17-14-7-13(8-15(18)16(14)20-10-21)6-3-11-1-4-12(9-19)5-2-11/h1-8H. The van der Waals surface area contributed by atoms with Crippen molar-refractivity contribution in [2.24, 2.45) is 4.99 Å². The normalized spacial score (nSPS) is 10.1. The molecule has 2 aromatic carbocycles. The minimum atomic E-state index is -0.799. The molecule has 0 aliphatic carbocycles. The zero-order chi connectivity index (χ0) is 15.2. The summed E-state index contributed by atoms with van der Waals surface area (Å²) in [7, 11) is 0. The highest BCUT2D eigenvalue weighted by atomic mass is 32.1. The Morgan fingerprint density at radius 2 is 1.57 bits per heavy atom. The summed E-state index contributed by atoms with van der Waals surface area (Å²) in [5.74, 6) is -1.60. The first-order valence-corrected chi connectivity index (χ1v) is 6.30. The zero-order valence-electron chi connectivity index (χ0n) is 10.7. The molecule has 0 saturated heterocycles. The largest absolute Gasteiger partial charge is 0.204 e. The summed E-state index contributed by atoms with van der Waals surface area (Å²) in [4.78, 5) is 3.34. The number of thiocarbonyl (C=S) groups is 1. The molecular formula is C16H8F2N2S. The maximum atomic E-state index is 13.6. The SMILES string of the molecule is N#Cc1ccc(C=Cc2cc(F)c(N=C=S)c(F)c2)cc1. The van der Waals surface area contributed by atoms with Gasteiger partial charge in [0.05, 0.1) is 16.8 Å². The van der Waals surface area contributed by atoms with E-state index in [1.165, 1.54) is 0 Å². The highest BCUT2D eigenvalue weighted by molar-refractivity contribution is 7.78. The van der Waals surface area contributed by atoms with Crippen molar-refractivity contribution in [3.63, 3.8) is 0 Å². The van der Waals surface area contributed by atoms with Crippen LogP contribution in [0.1, 0.15) is 16.7 Å². The number of hydrogen-bond acceptors (Lipinski definition) is 3. The van der Waals surface area contributed by atoms with Gasteiger partial charge in [-0.15, -0.1) is 0 Å². The van der Waals surface area contributed by atoms with Gasteiger partial charge in [0, 0.05) is 0 Å². The van der Waals surface area contributed by atoms with Gasteiger partial charge in [-0.1, -0.05) is 24.3 Å². The summed E-state index contributed by atoms with van der Waals surface area (Å²) in [5, 5.41) is 10.6. The Morgan fingerprint density at radius 3 is 2.10 bits per heavy atom. The van der Waals surface area contributed by atoms with Crippen molar-refractivity contribution in [2.75, 3.05) is 0 Å². The van der Waals surface area contributed by atoms with Gasteiger partial charge in [-0.05, 0) is 47.6 Å². The van der Waals surface area contributed by atoms with E-state index in [-0.39, 0.29) is 0 Å². The zero-order valence-corrected chi connectivity index (χ0v) is 11.5. The maximum absolute atomic E-state index is 13.6. The highest BCUT2D eigenvalue weighted by Gasteiger charge is 2.08. The highest BCUT2D eigenvalue weighted by Crippen LogP contribution is 2.24. The van der Waals surface area contributed by atoms with Gasteiger partial charge in [-0.25, -0.2) is 8.78 Å². The van der Waals surface area contributed by atoms with Crippen LogP contribution in [0.2, 0.25) is 0 Å². The third kappa shape index (κ3) is 3.67. The Labute approximate surface area is 125 Å². The number of halogens is 2.